The van der Waals surface area contributed by atoms with E-state index in [1.54, 1.807) is 45.2 Å². The second-order valence-corrected chi connectivity index (χ2v) is 7.06. The third-order valence-electron chi connectivity index (χ3n) is 3.73. The summed E-state index contributed by atoms with van der Waals surface area (Å²) >= 11 is 0. The van der Waals surface area contributed by atoms with Crippen LogP contribution in [0.1, 0.15) is 44.0 Å². The number of methoxy groups -OCH3 is 1. The summed E-state index contributed by atoms with van der Waals surface area (Å²) in [6, 6.07) is 7.88. The number of para-hydroxylation sites is 1. The summed E-state index contributed by atoms with van der Waals surface area (Å²) in [5, 5.41) is 3.45. The van der Waals surface area contributed by atoms with Gasteiger partial charge in [0.15, 0.2) is 0 Å². The maximum Gasteiger partial charge on any atom is 0.328 e. The van der Waals surface area contributed by atoms with Crippen molar-refractivity contribution in [3.8, 4) is 0 Å². The molecular formula is C20H24N2O5. The summed E-state index contributed by atoms with van der Waals surface area (Å²) < 4.78 is 9.98. The zero-order valence-electron chi connectivity index (χ0n) is 15.9. The second-order valence-electron chi connectivity index (χ2n) is 7.06. The molecule has 1 aromatic heterocycles. The van der Waals surface area contributed by atoms with Gasteiger partial charge < -0.3 is 14.8 Å². The molecule has 1 aromatic carbocycles. The first-order chi connectivity index (χ1) is 12.7. The fourth-order valence-electron chi connectivity index (χ4n) is 2.57. The number of hydrogen-bond acceptors (Lipinski definition) is 6. The van der Waals surface area contributed by atoms with Crippen LogP contribution >= 0.6 is 0 Å². The van der Waals surface area contributed by atoms with E-state index in [1.165, 1.54) is 7.11 Å². The molecule has 27 heavy (non-hydrogen) atoms. The highest BCUT2D eigenvalue weighted by Gasteiger charge is 2.25. The summed E-state index contributed by atoms with van der Waals surface area (Å²) in [7, 11) is 1.23. The van der Waals surface area contributed by atoms with E-state index in [9.17, 15) is 14.4 Å². The Morgan fingerprint density at radius 1 is 1.15 bits per heavy atom. The zero-order valence-corrected chi connectivity index (χ0v) is 15.9. The Balaban J connectivity index is 2.12. The van der Waals surface area contributed by atoms with Crippen molar-refractivity contribution in [3.63, 3.8) is 0 Å². The first-order valence-electron chi connectivity index (χ1n) is 8.65. The molecule has 0 aliphatic rings. The van der Waals surface area contributed by atoms with Crippen molar-refractivity contribution in [3.05, 3.63) is 42.1 Å². The van der Waals surface area contributed by atoms with Crippen molar-refractivity contribution in [1.82, 2.24) is 10.3 Å². The van der Waals surface area contributed by atoms with Crippen molar-refractivity contribution < 1.29 is 23.9 Å². The molecule has 7 heteroatoms. The molecule has 1 heterocycles. The Hall–Kier alpha value is -2.96. The first kappa shape index (κ1) is 20.4. The summed E-state index contributed by atoms with van der Waals surface area (Å²) in [5.74, 6) is -1.53. The van der Waals surface area contributed by atoms with E-state index in [-0.39, 0.29) is 12.8 Å². The van der Waals surface area contributed by atoms with Crippen molar-refractivity contribution in [2.24, 2.45) is 0 Å². The van der Waals surface area contributed by atoms with Gasteiger partial charge in [-0.05, 0) is 39.3 Å². The molecule has 1 N–H and O–H groups in total. The molecule has 144 valence electrons. The number of ether oxygens (including phenoxy) is 2. The van der Waals surface area contributed by atoms with Crippen LogP contribution in [0.5, 0.6) is 0 Å². The average molecular weight is 372 g/mol. The number of carbonyl (C=O) groups is 3. The lowest BCUT2D eigenvalue weighted by Crippen LogP contribution is -2.42. The van der Waals surface area contributed by atoms with Gasteiger partial charge in [0.1, 0.15) is 11.6 Å². The Labute approximate surface area is 158 Å². The molecule has 0 aliphatic heterocycles. The highest BCUT2D eigenvalue weighted by molar-refractivity contribution is 6.06. The van der Waals surface area contributed by atoms with Crippen LogP contribution in [0.4, 0.5) is 0 Å². The number of rotatable bonds is 6. The lowest BCUT2D eigenvalue weighted by molar-refractivity contribution is -0.155. The number of amides is 1. The minimum absolute atomic E-state index is 0.0227. The number of esters is 2. The van der Waals surface area contributed by atoms with Crippen LogP contribution in [0, 0.1) is 0 Å². The lowest BCUT2D eigenvalue weighted by atomic mass is 10.1. The maximum atomic E-state index is 12.7. The second kappa shape index (κ2) is 8.62. The van der Waals surface area contributed by atoms with Crippen molar-refractivity contribution in [2.75, 3.05) is 7.11 Å². The molecule has 0 fully saturated rings. The van der Waals surface area contributed by atoms with Gasteiger partial charge in [0, 0.05) is 18.0 Å². The van der Waals surface area contributed by atoms with Gasteiger partial charge in [0.25, 0.3) is 5.91 Å². The Morgan fingerprint density at radius 2 is 1.85 bits per heavy atom. The van der Waals surface area contributed by atoms with Crippen LogP contribution < -0.4 is 5.32 Å². The molecule has 7 nitrogen and oxygen atoms in total. The van der Waals surface area contributed by atoms with Crippen LogP contribution in [-0.4, -0.2) is 41.6 Å². The van der Waals surface area contributed by atoms with Crippen LogP contribution in [-0.2, 0) is 19.1 Å². The molecule has 1 amide bonds. The van der Waals surface area contributed by atoms with E-state index in [4.69, 9.17) is 9.47 Å². The third-order valence-corrected chi connectivity index (χ3v) is 3.73. The van der Waals surface area contributed by atoms with E-state index in [0.717, 1.165) is 5.39 Å². The van der Waals surface area contributed by atoms with E-state index in [2.05, 4.69) is 10.3 Å². The SMILES string of the molecule is COC(=O)[C@@H](CCC(=O)OC(C)(C)C)NC(=O)c1cccc2cccnc12. The molecule has 0 radical (unpaired) electrons. The monoisotopic (exact) mass is 372 g/mol. The quantitative estimate of drug-likeness (QED) is 0.784. The summed E-state index contributed by atoms with van der Waals surface area (Å²) in [5.41, 5.74) is 0.267. The van der Waals surface area contributed by atoms with Crippen LogP contribution in [0.25, 0.3) is 10.9 Å². The smallest absolute Gasteiger partial charge is 0.328 e. The molecule has 0 unspecified atom stereocenters. The predicted octanol–water partition coefficient (Wildman–Crippen LogP) is 2.63. The zero-order chi connectivity index (χ0) is 20.0. The van der Waals surface area contributed by atoms with Crippen molar-refractivity contribution >= 4 is 28.7 Å². The van der Waals surface area contributed by atoms with Gasteiger partial charge >= 0.3 is 11.9 Å². The van der Waals surface area contributed by atoms with Gasteiger partial charge in [-0.15, -0.1) is 0 Å². The number of fused-ring (bicyclic) bond motifs is 1. The fourth-order valence-corrected chi connectivity index (χ4v) is 2.57. The number of carbonyl (C=O) groups excluding carboxylic acids is 3. The molecule has 2 rings (SSSR count). The maximum absolute atomic E-state index is 12.7. The van der Waals surface area contributed by atoms with Gasteiger partial charge in [-0.3, -0.25) is 14.6 Å². The topological polar surface area (TPSA) is 94.6 Å². The van der Waals surface area contributed by atoms with Gasteiger partial charge in [-0.25, -0.2) is 4.79 Å². The van der Waals surface area contributed by atoms with E-state index >= 15 is 0 Å². The van der Waals surface area contributed by atoms with Gasteiger partial charge in [0.2, 0.25) is 0 Å². The molecular weight excluding hydrogens is 348 g/mol. The summed E-state index contributed by atoms with van der Waals surface area (Å²) in [6.45, 7) is 5.29. The van der Waals surface area contributed by atoms with Crippen LogP contribution in [0.15, 0.2) is 36.5 Å². The normalized spacial score (nSPS) is 12.3. The number of aromatic nitrogens is 1. The third kappa shape index (κ3) is 5.77. The van der Waals surface area contributed by atoms with E-state index in [0.29, 0.717) is 11.1 Å². The molecule has 1 atom stereocenters. The van der Waals surface area contributed by atoms with Crippen molar-refractivity contribution in [1.29, 1.82) is 0 Å². The number of hydrogen-bond donors (Lipinski definition) is 1. The Bertz CT molecular complexity index is 836. The number of nitrogens with zero attached hydrogens (tertiary/aromatic N) is 1. The highest BCUT2D eigenvalue weighted by Crippen LogP contribution is 2.16. The number of benzene rings is 1. The van der Waals surface area contributed by atoms with E-state index in [1.807, 2.05) is 12.1 Å². The van der Waals surface area contributed by atoms with Crippen LogP contribution in [0.2, 0.25) is 0 Å². The lowest BCUT2D eigenvalue weighted by Gasteiger charge is -2.21. The van der Waals surface area contributed by atoms with Gasteiger partial charge in [-0.1, -0.05) is 18.2 Å². The molecule has 2 aromatic rings. The van der Waals surface area contributed by atoms with Gasteiger partial charge in [0.05, 0.1) is 18.2 Å². The van der Waals surface area contributed by atoms with Crippen molar-refractivity contribution in [2.45, 2.75) is 45.3 Å². The average Bonchev–Trinajstić information content (AvgIpc) is 2.62. The predicted molar refractivity (Wildman–Crippen MR) is 100 cm³/mol. The molecule has 0 saturated carbocycles. The molecule has 0 aliphatic carbocycles. The summed E-state index contributed by atoms with van der Waals surface area (Å²) in [6.07, 6.45) is 1.65. The van der Waals surface area contributed by atoms with E-state index < -0.39 is 29.5 Å². The Morgan fingerprint density at radius 3 is 2.52 bits per heavy atom. The number of nitrogens with one attached hydrogen (secondary N) is 1. The standard InChI is InChI=1S/C20H24N2O5/c1-20(2,3)27-16(23)11-10-15(19(25)26-4)22-18(24)14-9-5-7-13-8-6-12-21-17(13)14/h5-9,12,15H,10-11H2,1-4H3,(H,22,24)/t15-/m1/s1. The number of pyridine rings is 1. The first-order valence-corrected chi connectivity index (χ1v) is 8.65. The van der Waals surface area contributed by atoms with Gasteiger partial charge in [-0.2, -0.15) is 0 Å². The highest BCUT2D eigenvalue weighted by atomic mass is 16.6. The largest absolute Gasteiger partial charge is 0.467 e. The minimum Gasteiger partial charge on any atom is -0.467 e. The molecule has 0 bridgehead atoms. The molecule has 0 saturated heterocycles. The summed E-state index contributed by atoms with van der Waals surface area (Å²) in [4.78, 5) is 40.9. The minimum atomic E-state index is -0.964. The molecule has 0 spiro atoms. The fraction of sp³-hybridized carbons (Fsp3) is 0.400. The Kier molecular flexibility index (Phi) is 6.50. The van der Waals surface area contributed by atoms with Crippen LogP contribution in [0.3, 0.4) is 0 Å².